The number of anilines is 1. The average Bonchev–Trinajstić information content (AvgIpc) is 3.21. The zero-order valence-corrected chi connectivity index (χ0v) is 14.7. The Morgan fingerprint density at radius 3 is 2.65 bits per heavy atom. The summed E-state index contributed by atoms with van der Waals surface area (Å²) in [6.45, 7) is 1.58. The van der Waals surface area contributed by atoms with Gasteiger partial charge in [0.05, 0.1) is 22.7 Å². The van der Waals surface area contributed by atoms with Crippen molar-refractivity contribution < 1.29 is 27.4 Å². The third-order valence-electron chi connectivity index (χ3n) is 4.71. The van der Waals surface area contributed by atoms with E-state index in [2.05, 4.69) is 0 Å². The van der Waals surface area contributed by atoms with Gasteiger partial charge >= 0.3 is 5.97 Å². The number of halogens is 1. The van der Waals surface area contributed by atoms with Gasteiger partial charge in [-0.2, -0.15) is 0 Å². The predicted octanol–water partition coefficient (Wildman–Crippen LogP) is 2.76. The summed E-state index contributed by atoms with van der Waals surface area (Å²) in [5.74, 6) is -1.02. The van der Waals surface area contributed by atoms with Gasteiger partial charge in [0.15, 0.2) is 5.60 Å². The van der Waals surface area contributed by atoms with Crippen molar-refractivity contribution in [3.05, 3.63) is 53.6 Å². The highest BCUT2D eigenvalue weighted by Gasteiger charge is 2.62. The number of hydrogen-bond acceptors (Lipinski definition) is 4. The van der Waals surface area contributed by atoms with Crippen LogP contribution in [0.1, 0.15) is 22.3 Å². The van der Waals surface area contributed by atoms with Crippen molar-refractivity contribution in [1.29, 1.82) is 0 Å². The van der Waals surface area contributed by atoms with Crippen LogP contribution in [0.3, 0.4) is 0 Å². The van der Waals surface area contributed by atoms with Gasteiger partial charge in [-0.25, -0.2) is 17.6 Å². The fourth-order valence-electron chi connectivity index (χ4n) is 3.14. The van der Waals surface area contributed by atoms with Gasteiger partial charge in [-0.1, -0.05) is 12.1 Å². The maximum absolute atomic E-state index is 13.9. The smallest absolute Gasteiger partial charge is 0.335 e. The van der Waals surface area contributed by atoms with Gasteiger partial charge in [-0.3, -0.25) is 4.31 Å². The van der Waals surface area contributed by atoms with Gasteiger partial charge in [0.25, 0.3) is 10.0 Å². The molecule has 0 radical (unpaired) electrons. The van der Waals surface area contributed by atoms with Gasteiger partial charge < -0.3 is 9.84 Å². The third kappa shape index (κ3) is 2.52. The zero-order chi connectivity index (χ0) is 18.7. The molecule has 2 aliphatic rings. The normalized spacial score (nSPS) is 24.1. The lowest BCUT2D eigenvalue weighted by Crippen LogP contribution is -2.46. The average molecular weight is 377 g/mol. The number of fused-ring (bicyclic) bond motifs is 1. The van der Waals surface area contributed by atoms with E-state index >= 15 is 0 Å². The Morgan fingerprint density at radius 1 is 1.31 bits per heavy atom. The Morgan fingerprint density at radius 2 is 2.04 bits per heavy atom. The van der Waals surface area contributed by atoms with Crippen LogP contribution in [0.4, 0.5) is 10.1 Å². The van der Waals surface area contributed by atoms with Crippen LogP contribution in [0.5, 0.6) is 5.75 Å². The van der Waals surface area contributed by atoms with E-state index in [-0.39, 0.29) is 34.9 Å². The number of carboxylic acids is 1. The van der Waals surface area contributed by atoms with E-state index in [1.807, 2.05) is 0 Å². The van der Waals surface area contributed by atoms with E-state index in [9.17, 15) is 22.7 Å². The molecule has 2 atom stereocenters. The lowest BCUT2D eigenvalue weighted by atomic mass is 10.1. The van der Waals surface area contributed by atoms with Crippen LogP contribution in [-0.2, 0) is 10.0 Å². The first-order valence-corrected chi connectivity index (χ1v) is 9.47. The van der Waals surface area contributed by atoms with Gasteiger partial charge in [0.1, 0.15) is 11.9 Å². The largest absolute Gasteiger partial charge is 0.480 e. The van der Waals surface area contributed by atoms with Crippen molar-refractivity contribution >= 4 is 21.7 Å². The molecule has 1 aliphatic heterocycles. The number of ether oxygens (including phenoxy) is 1. The van der Waals surface area contributed by atoms with Crippen molar-refractivity contribution in [2.75, 3.05) is 10.8 Å². The number of rotatable bonds is 3. The number of aryl methyl sites for hydroxylation is 1. The number of carbonyl (C=O) groups is 1. The first kappa shape index (κ1) is 16.8. The summed E-state index contributed by atoms with van der Waals surface area (Å²) in [6, 6.07) is 10.3. The molecule has 2 aromatic rings. The maximum Gasteiger partial charge on any atom is 0.335 e. The summed E-state index contributed by atoms with van der Waals surface area (Å²) in [5, 5.41) is 9.22. The standard InChI is InChI=1S/C18H16FNO5S/c1-11-3-2-4-13(7-11)26(23,24)20-10-18(9-16(18)19)25-15-6-5-12(17(21)22)8-14(15)20/h2-8,16H,9-10H2,1H3,(H,21,22). The Hall–Kier alpha value is -2.61. The Labute approximate surface area is 149 Å². The Bertz CT molecular complexity index is 1020. The first-order chi connectivity index (χ1) is 12.2. The number of carboxylic acid groups (broad SMARTS) is 1. The molecule has 26 heavy (non-hydrogen) atoms. The second kappa shape index (κ2) is 5.44. The molecule has 0 amide bonds. The molecule has 0 bridgehead atoms. The minimum absolute atomic E-state index is 0.0669. The van der Waals surface area contributed by atoms with E-state index in [1.54, 1.807) is 19.1 Å². The minimum atomic E-state index is -4.00. The van der Waals surface area contributed by atoms with Crippen LogP contribution >= 0.6 is 0 Å². The Kier molecular flexibility index (Phi) is 3.52. The van der Waals surface area contributed by atoms with E-state index in [4.69, 9.17) is 4.74 Å². The Balaban J connectivity index is 1.87. The van der Waals surface area contributed by atoms with Crippen LogP contribution in [0.25, 0.3) is 0 Å². The summed E-state index contributed by atoms with van der Waals surface area (Å²) in [7, 11) is -4.00. The van der Waals surface area contributed by atoms with Gasteiger partial charge in [-0.05, 0) is 42.8 Å². The molecular formula is C18H16FNO5S. The monoisotopic (exact) mass is 377 g/mol. The van der Waals surface area contributed by atoms with Gasteiger partial charge in [0.2, 0.25) is 0 Å². The number of sulfonamides is 1. The zero-order valence-electron chi connectivity index (χ0n) is 13.8. The molecule has 8 heteroatoms. The highest BCUT2D eigenvalue weighted by molar-refractivity contribution is 7.92. The van der Waals surface area contributed by atoms with E-state index in [1.165, 1.54) is 30.3 Å². The number of benzene rings is 2. The molecular weight excluding hydrogens is 361 g/mol. The topological polar surface area (TPSA) is 83.9 Å². The number of nitrogens with zero attached hydrogens (tertiary/aromatic N) is 1. The van der Waals surface area contributed by atoms with E-state index in [0.717, 1.165) is 9.87 Å². The third-order valence-corrected chi connectivity index (χ3v) is 6.47. The van der Waals surface area contributed by atoms with Crippen molar-refractivity contribution in [3.63, 3.8) is 0 Å². The summed E-state index contributed by atoms with van der Waals surface area (Å²) in [4.78, 5) is 11.3. The highest BCUT2D eigenvalue weighted by atomic mass is 32.2. The molecule has 2 aromatic carbocycles. The summed E-state index contributed by atoms with van der Waals surface area (Å²) < 4.78 is 47.1. The molecule has 1 heterocycles. The van der Waals surface area contributed by atoms with Crippen molar-refractivity contribution in [3.8, 4) is 5.75 Å². The summed E-state index contributed by atoms with van der Waals surface area (Å²) in [5.41, 5.74) is -0.394. The fraction of sp³-hybridized carbons (Fsp3) is 0.278. The lowest BCUT2D eigenvalue weighted by Gasteiger charge is -2.36. The van der Waals surface area contributed by atoms with Crippen LogP contribution in [0.2, 0.25) is 0 Å². The molecule has 1 spiro atoms. The second-order valence-corrected chi connectivity index (χ2v) is 8.52. The SMILES string of the molecule is Cc1cccc(S(=O)(=O)N2CC3(CC3F)Oc3ccc(C(=O)O)cc32)c1. The molecule has 0 aromatic heterocycles. The number of alkyl halides is 1. The maximum atomic E-state index is 13.9. The van der Waals surface area contributed by atoms with Crippen LogP contribution < -0.4 is 9.04 Å². The molecule has 0 saturated heterocycles. The molecule has 4 rings (SSSR count). The fourth-order valence-corrected chi connectivity index (χ4v) is 4.77. The van der Waals surface area contributed by atoms with Crippen molar-refractivity contribution in [2.45, 2.75) is 30.0 Å². The van der Waals surface area contributed by atoms with Crippen LogP contribution in [0, 0.1) is 6.92 Å². The molecule has 1 fully saturated rings. The summed E-state index contributed by atoms with van der Waals surface area (Å²) >= 11 is 0. The molecule has 1 saturated carbocycles. The van der Waals surface area contributed by atoms with E-state index < -0.39 is 27.8 Å². The van der Waals surface area contributed by atoms with Gasteiger partial charge in [0, 0.05) is 6.42 Å². The molecule has 2 unspecified atom stereocenters. The molecule has 1 N–H and O–H groups in total. The molecule has 136 valence electrons. The van der Waals surface area contributed by atoms with Crippen molar-refractivity contribution in [1.82, 2.24) is 0 Å². The molecule has 6 nitrogen and oxygen atoms in total. The van der Waals surface area contributed by atoms with Gasteiger partial charge in [-0.15, -0.1) is 0 Å². The van der Waals surface area contributed by atoms with Crippen LogP contribution in [-0.4, -0.2) is 37.8 Å². The second-order valence-electron chi connectivity index (χ2n) is 6.65. The lowest BCUT2D eigenvalue weighted by molar-refractivity contribution is 0.0696. The number of hydrogen-bond donors (Lipinski definition) is 1. The predicted molar refractivity (Wildman–Crippen MR) is 92.0 cm³/mol. The summed E-state index contributed by atoms with van der Waals surface area (Å²) in [6.07, 6.45) is -1.16. The minimum Gasteiger partial charge on any atom is -0.480 e. The van der Waals surface area contributed by atoms with E-state index in [0.29, 0.717) is 0 Å². The number of aromatic carboxylic acids is 1. The van der Waals surface area contributed by atoms with Crippen LogP contribution in [0.15, 0.2) is 47.4 Å². The molecule has 1 aliphatic carbocycles. The van der Waals surface area contributed by atoms with Crippen molar-refractivity contribution in [2.24, 2.45) is 0 Å². The first-order valence-electron chi connectivity index (χ1n) is 8.03. The highest BCUT2D eigenvalue weighted by Crippen LogP contribution is 2.51. The quantitative estimate of drug-likeness (QED) is 0.889.